The quantitative estimate of drug-likeness (QED) is 0.565. The fraction of sp³-hybridized carbons (Fsp3) is 1.00. The predicted molar refractivity (Wildman–Crippen MR) is 57.7 cm³/mol. The van der Waals surface area contributed by atoms with Crippen molar-refractivity contribution in [3.63, 3.8) is 0 Å². The number of hydrogen-bond acceptors (Lipinski definition) is 2. The van der Waals surface area contributed by atoms with E-state index in [0.717, 1.165) is 12.5 Å². The summed E-state index contributed by atoms with van der Waals surface area (Å²) in [6.45, 7) is 4.17. The van der Waals surface area contributed by atoms with Crippen LogP contribution in [0.25, 0.3) is 0 Å². The molecule has 0 spiro atoms. The highest BCUT2D eigenvalue weighted by molar-refractivity contribution is 4.74. The van der Waals surface area contributed by atoms with Crippen LogP contribution in [-0.2, 0) is 0 Å². The molecule has 2 heteroatoms. The molecule has 1 aliphatic carbocycles. The first-order valence-corrected chi connectivity index (χ1v) is 5.80. The molecule has 3 N–H and O–H groups in total. The van der Waals surface area contributed by atoms with E-state index in [4.69, 9.17) is 5.73 Å². The normalized spacial score (nSPS) is 18.9. The number of hydrogen-bond donors (Lipinski definition) is 2. The van der Waals surface area contributed by atoms with Crippen LogP contribution in [0.5, 0.6) is 0 Å². The Morgan fingerprint density at radius 2 is 2.23 bits per heavy atom. The van der Waals surface area contributed by atoms with Crippen LogP contribution in [0, 0.1) is 5.92 Å². The van der Waals surface area contributed by atoms with Gasteiger partial charge in [0.15, 0.2) is 0 Å². The van der Waals surface area contributed by atoms with Gasteiger partial charge in [-0.1, -0.05) is 26.2 Å². The molecular weight excluding hydrogens is 160 g/mol. The summed E-state index contributed by atoms with van der Waals surface area (Å²) in [6, 6.07) is 0.559. The van der Waals surface area contributed by atoms with Gasteiger partial charge in [0.25, 0.3) is 0 Å². The van der Waals surface area contributed by atoms with Crippen molar-refractivity contribution in [2.45, 2.75) is 51.5 Å². The van der Waals surface area contributed by atoms with Crippen molar-refractivity contribution in [2.24, 2.45) is 11.7 Å². The number of rotatable bonds is 8. The molecule has 0 aromatic rings. The van der Waals surface area contributed by atoms with Crippen molar-refractivity contribution in [1.29, 1.82) is 0 Å². The Kier molecular flexibility index (Phi) is 5.40. The zero-order valence-electron chi connectivity index (χ0n) is 8.89. The van der Waals surface area contributed by atoms with Gasteiger partial charge >= 0.3 is 0 Å². The third-order valence-electron chi connectivity index (χ3n) is 2.84. The molecule has 0 heterocycles. The van der Waals surface area contributed by atoms with Crippen LogP contribution in [0.15, 0.2) is 0 Å². The van der Waals surface area contributed by atoms with Crippen molar-refractivity contribution in [3.8, 4) is 0 Å². The van der Waals surface area contributed by atoms with Crippen molar-refractivity contribution < 1.29 is 0 Å². The highest BCUT2D eigenvalue weighted by atomic mass is 14.9. The van der Waals surface area contributed by atoms with Gasteiger partial charge in [0.05, 0.1) is 0 Å². The Bertz CT molecular complexity index is 121. The molecule has 1 rings (SSSR count). The summed E-state index contributed by atoms with van der Waals surface area (Å²) >= 11 is 0. The lowest BCUT2D eigenvalue weighted by atomic mass is 10.1. The molecule has 2 nitrogen and oxygen atoms in total. The van der Waals surface area contributed by atoms with Gasteiger partial charge in [0.2, 0.25) is 0 Å². The first-order valence-electron chi connectivity index (χ1n) is 5.80. The van der Waals surface area contributed by atoms with Gasteiger partial charge in [-0.3, -0.25) is 0 Å². The monoisotopic (exact) mass is 184 g/mol. The lowest BCUT2D eigenvalue weighted by Gasteiger charge is -2.15. The van der Waals surface area contributed by atoms with Gasteiger partial charge in [-0.15, -0.1) is 0 Å². The lowest BCUT2D eigenvalue weighted by Crippen LogP contribution is -2.36. The van der Waals surface area contributed by atoms with E-state index in [1.807, 2.05) is 0 Å². The van der Waals surface area contributed by atoms with Crippen LogP contribution in [0.2, 0.25) is 0 Å². The van der Waals surface area contributed by atoms with Crippen LogP contribution in [0.4, 0.5) is 0 Å². The third kappa shape index (κ3) is 5.27. The van der Waals surface area contributed by atoms with E-state index in [2.05, 4.69) is 12.2 Å². The Balaban J connectivity index is 1.88. The summed E-state index contributed by atoms with van der Waals surface area (Å²) < 4.78 is 0. The second kappa shape index (κ2) is 6.39. The summed E-state index contributed by atoms with van der Waals surface area (Å²) in [4.78, 5) is 0. The van der Waals surface area contributed by atoms with Crippen molar-refractivity contribution in [1.82, 2.24) is 5.32 Å². The van der Waals surface area contributed by atoms with Gasteiger partial charge < -0.3 is 11.1 Å². The topological polar surface area (TPSA) is 38.0 Å². The number of nitrogens with one attached hydrogen (secondary N) is 1. The molecule has 0 amide bonds. The van der Waals surface area contributed by atoms with Gasteiger partial charge in [0.1, 0.15) is 0 Å². The molecule has 1 aliphatic rings. The summed E-state index contributed by atoms with van der Waals surface area (Å²) in [5, 5.41) is 3.53. The summed E-state index contributed by atoms with van der Waals surface area (Å²) in [7, 11) is 0. The van der Waals surface area contributed by atoms with E-state index in [1.165, 1.54) is 45.1 Å². The second-order valence-corrected chi connectivity index (χ2v) is 4.26. The average molecular weight is 184 g/mol. The maximum atomic E-state index is 5.65. The zero-order chi connectivity index (χ0) is 9.52. The van der Waals surface area contributed by atoms with Crippen LogP contribution in [0.1, 0.15) is 45.4 Å². The molecule has 78 valence electrons. The third-order valence-corrected chi connectivity index (χ3v) is 2.84. The molecule has 1 fully saturated rings. The minimum absolute atomic E-state index is 0.559. The van der Waals surface area contributed by atoms with Crippen LogP contribution in [0.3, 0.4) is 0 Å². The molecule has 0 aliphatic heterocycles. The van der Waals surface area contributed by atoms with Gasteiger partial charge in [-0.25, -0.2) is 0 Å². The van der Waals surface area contributed by atoms with Crippen LogP contribution >= 0.6 is 0 Å². The molecule has 0 saturated heterocycles. The van der Waals surface area contributed by atoms with Crippen LogP contribution < -0.4 is 11.1 Å². The standard InChI is InChI=1S/C11H24N2/c1-2-4-11(9-12)13-8-3-5-10-6-7-10/h10-11,13H,2-9,12H2,1H3. The first kappa shape index (κ1) is 11.0. The minimum Gasteiger partial charge on any atom is -0.329 e. The maximum Gasteiger partial charge on any atom is 0.0190 e. The molecular formula is C11H24N2. The van der Waals surface area contributed by atoms with E-state index < -0.39 is 0 Å². The lowest BCUT2D eigenvalue weighted by molar-refractivity contribution is 0.467. The first-order chi connectivity index (χ1) is 6.36. The van der Waals surface area contributed by atoms with E-state index >= 15 is 0 Å². The minimum atomic E-state index is 0.559. The van der Waals surface area contributed by atoms with E-state index in [1.54, 1.807) is 0 Å². The molecule has 1 unspecified atom stereocenters. The van der Waals surface area contributed by atoms with E-state index in [-0.39, 0.29) is 0 Å². The van der Waals surface area contributed by atoms with Crippen molar-refractivity contribution >= 4 is 0 Å². The molecule has 1 atom stereocenters. The fourth-order valence-corrected chi connectivity index (χ4v) is 1.76. The Morgan fingerprint density at radius 1 is 1.46 bits per heavy atom. The fourth-order valence-electron chi connectivity index (χ4n) is 1.76. The van der Waals surface area contributed by atoms with E-state index in [0.29, 0.717) is 6.04 Å². The zero-order valence-corrected chi connectivity index (χ0v) is 8.89. The van der Waals surface area contributed by atoms with Crippen molar-refractivity contribution in [2.75, 3.05) is 13.1 Å². The molecule has 0 aromatic heterocycles. The van der Waals surface area contributed by atoms with Gasteiger partial charge in [0, 0.05) is 12.6 Å². The highest BCUT2D eigenvalue weighted by Crippen LogP contribution is 2.33. The molecule has 0 bridgehead atoms. The average Bonchev–Trinajstić information content (AvgIpc) is 2.94. The van der Waals surface area contributed by atoms with Crippen molar-refractivity contribution in [3.05, 3.63) is 0 Å². The maximum absolute atomic E-state index is 5.65. The molecule has 1 saturated carbocycles. The summed E-state index contributed by atoms with van der Waals surface area (Å²) in [5.41, 5.74) is 5.65. The summed E-state index contributed by atoms with van der Waals surface area (Å²) in [6.07, 6.45) is 8.18. The molecule has 0 radical (unpaired) electrons. The smallest absolute Gasteiger partial charge is 0.0190 e. The SMILES string of the molecule is CCCC(CN)NCCCC1CC1. The Labute approximate surface area is 82.3 Å². The second-order valence-electron chi connectivity index (χ2n) is 4.26. The summed E-state index contributed by atoms with van der Waals surface area (Å²) in [5.74, 6) is 1.07. The highest BCUT2D eigenvalue weighted by Gasteiger charge is 2.20. The van der Waals surface area contributed by atoms with Gasteiger partial charge in [-0.05, 0) is 31.7 Å². The Hall–Kier alpha value is -0.0800. The van der Waals surface area contributed by atoms with E-state index in [9.17, 15) is 0 Å². The number of nitrogens with two attached hydrogens (primary N) is 1. The molecule has 0 aromatic carbocycles. The van der Waals surface area contributed by atoms with Gasteiger partial charge in [-0.2, -0.15) is 0 Å². The predicted octanol–water partition coefficient (Wildman–Crippen LogP) is 1.89. The molecule has 13 heavy (non-hydrogen) atoms. The largest absolute Gasteiger partial charge is 0.329 e. The Morgan fingerprint density at radius 3 is 2.77 bits per heavy atom. The van der Waals surface area contributed by atoms with Crippen LogP contribution in [-0.4, -0.2) is 19.1 Å².